The summed E-state index contributed by atoms with van der Waals surface area (Å²) in [5.74, 6) is 0.288. The predicted molar refractivity (Wildman–Crippen MR) is 57.8 cm³/mol. The molecule has 14 heavy (non-hydrogen) atoms. The summed E-state index contributed by atoms with van der Waals surface area (Å²) in [6, 6.07) is 0. The standard InChI is InChI=1S/C11H20N2O/c1-11(2,8-12)13-10(14)9-6-4-3-5-7-9/h3-4,9H,5-8,12H2,1-2H3,(H,13,14). The number of nitrogens with one attached hydrogen (secondary N) is 1. The van der Waals surface area contributed by atoms with Gasteiger partial charge in [0.15, 0.2) is 0 Å². The zero-order valence-corrected chi connectivity index (χ0v) is 9.05. The minimum Gasteiger partial charge on any atom is -0.350 e. The second kappa shape index (κ2) is 4.60. The molecule has 1 rings (SSSR count). The lowest BCUT2D eigenvalue weighted by atomic mass is 9.92. The first-order valence-electron chi connectivity index (χ1n) is 5.22. The van der Waals surface area contributed by atoms with E-state index in [1.165, 1.54) is 0 Å². The summed E-state index contributed by atoms with van der Waals surface area (Å²) in [7, 11) is 0. The molecule has 0 saturated carbocycles. The Morgan fingerprint density at radius 1 is 1.57 bits per heavy atom. The fourth-order valence-corrected chi connectivity index (χ4v) is 1.52. The second-order valence-corrected chi connectivity index (χ2v) is 4.56. The van der Waals surface area contributed by atoms with Crippen LogP contribution in [-0.2, 0) is 4.79 Å². The molecule has 0 fully saturated rings. The van der Waals surface area contributed by atoms with Crippen LogP contribution in [0, 0.1) is 5.92 Å². The molecule has 1 amide bonds. The van der Waals surface area contributed by atoms with Crippen molar-refractivity contribution in [2.75, 3.05) is 6.54 Å². The van der Waals surface area contributed by atoms with E-state index in [0.717, 1.165) is 19.3 Å². The summed E-state index contributed by atoms with van der Waals surface area (Å²) >= 11 is 0. The molecule has 3 nitrogen and oxygen atoms in total. The highest BCUT2D eigenvalue weighted by molar-refractivity contribution is 5.79. The van der Waals surface area contributed by atoms with Crippen LogP contribution in [0.5, 0.6) is 0 Å². The quantitative estimate of drug-likeness (QED) is 0.666. The van der Waals surface area contributed by atoms with Crippen molar-refractivity contribution in [1.82, 2.24) is 5.32 Å². The molecule has 3 N–H and O–H groups in total. The van der Waals surface area contributed by atoms with Crippen LogP contribution in [0.15, 0.2) is 12.2 Å². The van der Waals surface area contributed by atoms with Crippen LogP contribution in [0.1, 0.15) is 33.1 Å². The molecule has 3 heteroatoms. The second-order valence-electron chi connectivity index (χ2n) is 4.56. The maximum atomic E-state index is 11.8. The van der Waals surface area contributed by atoms with Crippen LogP contribution in [0.25, 0.3) is 0 Å². The molecule has 80 valence electrons. The Labute approximate surface area is 85.7 Å². The van der Waals surface area contributed by atoms with Gasteiger partial charge >= 0.3 is 0 Å². The van der Waals surface area contributed by atoms with Gasteiger partial charge in [-0.05, 0) is 33.1 Å². The third-order valence-electron chi connectivity index (χ3n) is 2.61. The summed E-state index contributed by atoms with van der Waals surface area (Å²) in [5, 5.41) is 2.98. The minimum atomic E-state index is -0.280. The molecule has 0 bridgehead atoms. The molecule has 0 aromatic heterocycles. The van der Waals surface area contributed by atoms with E-state index in [-0.39, 0.29) is 17.4 Å². The van der Waals surface area contributed by atoms with Crippen molar-refractivity contribution < 1.29 is 4.79 Å². The topological polar surface area (TPSA) is 55.1 Å². The molecule has 1 aliphatic carbocycles. The van der Waals surface area contributed by atoms with Gasteiger partial charge in [0, 0.05) is 18.0 Å². The fourth-order valence-electron chi connectivity index (χ4n) is 1.52. The van der Waals surface area contributed by atoms with Gasteiger partial charge in [0.2, 0.25) is 5.91 Å². The first kappa shape index (κ1) is 11.2. The zero-order valence-electron chi connectivity index (χ0n) is 9.05. The lowest BCUT2D eigenvalue weighted by molar-refractivity contribution is -0.126. The monoisotopic (exact) mass is 196 g/mol. The summed E-state index contributed by atoms with van der Waals surface area (Å²) in [5.41, 5.74) is 5.28. The highest BCUT2D eigenvalue weighted by Crippen LogP contribution is 2.18. The molecule has 0 aromatic rings. The first-order chi connectivity index (χ1) is 6.55. The van der Waals surface area contributed by atoms with Crippen molar-refractivity contribution in [3.63, 3.8) is 0 Å². The van der Waals surface area contributed by atoms with Crippen LogP contribution in [0.3, 0.4) is 0 Å². The third-order valence-corrected chi connectivity index (χ3v) is 2.61. The van der Waals surface area contributed by atoms with Crippen molar-refractivity contribution in [2.24, 2.45) is 11.7 Å². The largest absolute Gasteiger partial charge is 0.350 e. The van der Waals surface area contributed by atoms with Gasteiger partial charge in [-0.25, -0.2) is 0 Å². The molecule has 0 saturated heterocycles. The van der Waals surface area contributed by atoms with E-state index in [2.05, 4.69) is 17.5 Å². The van der Waals surface area contributed by atoms with Gasteiger partial charge in [-0.1, -0.05) is 12.2 Å². The average molecular weight is 196 g/mol. The lowest BCUT2D eigenvalue weighted by Gasteiger charge is -2.27. The fraction of sp³-hybridized carbons (Fsp3) is 0.727. The SMILES string of the molecule is CC(C)(CN)NC(=O)C1CC=CCC1. The first-order valence-corrected chi connectivity index (χ1v) is 5.22. The van der Waals surface area contributed by atoms with Gasteiger partial charge in [-0.15, -0.1) is 0 Å². The Bertz CT molecular complexity index is 233. The lowest BCUT2D eigenvalue weighted by Crippen LogP contribution is -2.50. The van der Waals surface area contributed by atoms with Crippen LogP contribution in [0.4, 0.5) is 0 Å². The highest BCUT2D eigenvalue weighted by Gasteiger charge is 2.24. The Hall–Kier alpha value is -0.830. The van der Waals surface area contributed by atoms with Gasteiger partial charge < -0.3 is 11.1 Å². The minimum absolute atomic E-state index is 0.143. The molecule has 1 unspecified atom stereocenters. The van der Waals surface area contributed by atoms with E-state index >= 15 is 0 Å². The molecular weight excluding hydrogens is 176 g/mol. The van der Waals surface area contributed by atoms with Crippen LogP contribution in [-0.4, -0.2) is 18.0 Å². The molecule has 0 heterocycles. The molecular formula is C11H20N2O. The Kier molecular flexibility index (Phi) is 3.69. The molecule has 0 aromatic carbocycles. The van der Waals surface area contributed by atoms with Crippen molar-refractivity contribution >= 4 is 5.91 Å². The number of hydrogen-bond acceptors (Lipinski definition) is 2. The van der Waals surface area contributed by atoms with Crippen LogP contribution >= 0.6 is 0 Å². The van der Waals surface area contributed by atoms with E-state index in [1.54, 1.807) is 0 Å². The summed E-state index contributed by atoms with van der Waals surface area (Å²) in [4.78, 5) is 11.8. The smallest absolute Gasteiger partial charge is 0.223 e. The third kappa shape index (κ3) is 3.14. The van der Waals surface area contributed by atoms with Gasteiger partial charge in [0.1, 0.15) is 0 Å². The predicted octanol–water partition coefficient (Wildman–Crippen LogP) is 1.20. The van der Waals surface area contributed by atoms with Gasteiger partial charge in [0.25, 0.3) is 0 Å². The van der Waals surface area contributed by atoms with Gasteiger partial charge in [0.05, 0.1) is 0 Å². The average Bonchev–Trinajstić information content (AvgIpc) is 2.19. The Balaban J connectivity index is 2.45. The van der Waals surface area contributed by atoms with E-state index < -0.39 is 0 Å². The van der Waals surface area contributed by atoms with Crippen molar-refractivity contribution in [3.8, 4) is 0 Å². The maximum Gasteiger partial charge on any atom is 0.223 e. The number of amides is 1. The zero-order chi connectivity index (χ0) is 10.6. The van der Waals surface area contributed by atoms with E-state index in [9.17, 15) is 4.79 Å². The normalized spacial score (nSPS) is 22.1. The Morgan fingerprint density at radius 3 is 2.79 bits per heavy atom. The number of carbonyl (C=O) groups excluding carboxylic acids is 1. The number of allylic oxidation sites excluding steroid dienone is 2. The summed E-state index contributed by atoms with van der Waals surface area (Å²) in [6.45, 7) is 4.37. The Morgan fingerprint density at radius 2 is 2.29 bits per heavy atom. The van der Waals surface area contributed by atoms with E-state index in [0.29, 0.717) is 6.54 Å². The summed E-state index contributed by atoms with van der Waals surface area (Å²) < 4.78 is 0. The number of hydrogen-bond donors (Lipinski definition) is 2. The van der Waals surface area contributed by atoms with Crippen molar-refractivity contribution in [1.29, 1.82) is 0 Å². The number of carbonyl (C=O) groups is 1. The van der Waals surface area contributed by atoms with E-state index in [1.807, 2.05) is 13.8 Å². The molecule has 1 atom stereocenters. The summed E-state index contributed by atoms with van der Waals surface area (Å²) in [6.07, 6.45) is 7.07. The molecule has 0 spiro atoms. The van der Waals surface area contributed by atoms with Crippen molar-refractivity contribution in [3.05, 3.63) is 12.2 Å². The highest BCUT2D eigenvalue weighted by atomic mass is 16.2. The van der Waals surface area contributed by atoms with Crippen molar-refractivity contribution in [2.45, 2.75) is 38.6 Å². The van der Waals surface area contributed by atoms with Crippen LogP contribution < -0.4 is 11.1 Å². The molecule has 0 radical (unpaired) electrons. The van der Waals surface area contributed by atoms with Gasteiger partial charge in [-0.3, -0.25) is 4.79 Å². The molecule has 0 aliphatic heterocycles. The number of rotatable bonds is 3. The van der Waals surface area contributed by atoms with Gasteiger partial charge in [-0.2, -0.15) is 0 Å². The number of nitrogens with two attached hydrogens (primary N) is 1. The van der Waals surface area contributed by atoms with E-state index in [4.69, 9.17) is 5.73 Å². The van der Waals surface area contributed by atoms with Crippen LogP contribution in [0.2, 0.25) is 0 Å². The molecule has 1 aliphatic rings. The maximum absolute atomic E-state index is 11.8.